The largest absolute Gasteiger partial charge is 0.337 e. The van der Waals surface area contributed by atoms with Gasteiger partial charge >= 0.3 is 0 Å². The third kappa shape index (κ3) is 8.66. The van der Waals surface area contributed by atoms with E-state index in [1.807, 2.05) is 0 Å². The molecule has 0 fully saturated rings. The van der Waals surface area contributed by atoms with Crippen LogP contribution < -0.4 is 4.98 Å². The number of rotatable bonds is 4. The molecule has 0 aromatic carbocycles. The summed E-state index contributed by atoms with van der Waals surface area (Å²) < 4.78 is 0. The molecule has 0 aromatic heterocycles. The highest BCUT2D eigenvalue weighted by Gasteiger charge is 2.09. The fraction of sp³-hybridized carbons (Fsp3) is 1.00. The summed E-state index contributed by atoms with van der Waals surface area (Å²) in [4.78, 5) is 3.53. The van der Waals surface area contributed by atoms with Gasteiger partial charge in [-0.2, -0.15) is 0 Å². The number of alkyl halides is 1. The summed E-state index contributed by atoms with van der Waals surface area (Å²) >= 11 is 3.39. The monoisotopic (exact) mass is 209 g/mol. The molecule has 56 valence electrons. The van der Waals surface area contributed by atoms with Crippen LogP contribution in [0.1, 0.15) is 6.42 Å². The first kappa shape index (κ1) is 9.66. The number of halogens is 1. The highest BCUT2D eigenvalue weighted by molar-refractivity contribution is 9.09. The minimum absolute atomic E-state index is 0.965. The molecule has 0 bridgehead atoms. The molecule has 3 heteroatoms. The molecular formula is C6H16BrNSi. The van der Waals surface area contributed by atoms with Gasteiger partial charge in [-0.25, -0.2) is 0 Å². The van der Waals surface area contributed by atoms with Gasteiger partial charge in [-0.15, -0.1) is 0 Å². The van der Waals surface area contributed by atoms with Gasteiger partial charge in [0.1, 0.15) is 8.24 Å². The lowest BCUT2D eigenvalue weighted by atomic mass is 10.5. The van der Waals surface area contributed by atoms with E-state index in [4.69, 9.17) is 0 Å². The van der Waals surface area contributed by atoms with Gasteiger partial charge in [0.2, 0.25) is 0 Å². The Kier molecular flexibility index (Phi) is 4.80. The second-order valence-corrected chi connectivity index (χ2v) is 8.87. The predicted molar refractivity (Wildman–Crippen MR) is 49.8 cm³/mol. The van der Waals surface area contributed by atoms with Gasteiger partial charge < -0.3 is 4.98 Å². The predicted octanol–water partition coefficient (Wildman–Crippen LogP) is 2.20. The second-order valence-electron chi connectivity index (χ2n) is 3.22. The molecule has 0 aliphatic heterocycles. The van der Waals surface area contributed by atoms with Gasteiger partial charge in [-0.3, -0.25) is 0 Å². The summed E-state index contributed by atoms with van der Waals surface area (Å²) in [5.41, 5.74) is 0. The maximum absolute atomic E-state index is 3.53. The van der Waals surface area contributed by atoms with E-state index in [1.54, 1.807) is 0 Å². The molecule has 0 spiro atoms. The zero-order valence-corrected chi connectivity index (χ0v) is 9.09. The lowest BCUT2D eigenvalue weighted by Gasteiger charge is -2.16. The van der Waals surface area contributed by atoms with E-state index in [9.17, 15) is 0 Å². The van der Waals surface area contributed by atoms with Crippen LogP contribution in [0.15, 0.2) is 0 Å². The lowest BCUT2D eigenvalue weighted by Crippen LogP contribution is -2.41. The van der Waals surface area contributed by atoms with E-state index in [0.29, 0.717) is 0 Å². The Morgan fingerprint density at radius 2 is 1.89 bits per heavy atom. The molecule has 0 aliphatic rings. The van der Waals surface area contributed by atoms with Crippen LogP contribution in [-0.2, 0) is 0 Å². The van der Waals surface area contributed by atoms with Crippen LogP contribution in [0.5, 0.6) is 0 Å². The van der Waals surface area contributed by atoms with Crippen LogP contribution in [0.4, 0.5) is 0 Å². The lowest BCUT2D eigenvalue weighted by molar-refractivity contribution is 0.852. The summed E-state index contributed by atoms with van der Waals surface area (Å²) in [5.74, 6) is 0. The minimum Gasteiger partial charge on any atom is -0.337 e. The quantitative estimate of drug-likeness (QED) is 0.426. The summed E-state index contributed by atoms with van der Waals surface area (Å²) in [5, 5.41) is 1.12. The molecule has 0 radical (unpaired) electrons. The molecule has 0 rings (SSSR count). The average Bonchev–Trinajstić information content (AvgIpc) is 1.63. The van der Waals surface area contributed by atoms with Crippen molar-refractivity contribution in [1.82, 2.24) is 4.98 Å². The van der Waals surface area contributed by atoms with Crippen molar-refractivity contribution in [1.29, 1.82) is 0 Å². The molecule has 0 saturated heterocycles. The molecule has 0 atom stereocenters. The minimum atomic E-state index is -0.965. The van der Waals surface area contributed by atoms with Crippen molar-refractivity contribution in [3.63, 3.8) is 0 Å². The second kappa shape index (κ2) is 4.47. The number of hydrogen-bond donors (Lipinski definition) is 1. The van der Waals surface area contributed by atoms with Crippen LogP contribution in [0.25, 0.3) is 0 Å². The van der Waals surface area contributed by atoms with Crippen LogP contribution in [0.2, 0.25) is 19.6 Å². The van der Waals surface area contributed by atoms with Crippen molar-refractivity contribution in [2.45, 2.75) is 26.1 Å². The first-order valence-electron chi connectivity index (χ1n) is 3.37. The molecule has 1 N–H and O–H groups in total. The van der Waals surface area contributed by atoms with Crippen molar-refractivity contribution in [3.8, 4) is 0 Å². The highest BCUT2D eigenvalue weighted by atomic mass is 79.9. The average molecular weight is 210 g/mol. The topological polar surface area (TPSA) is 12.0 Å². The van der Waals surface area contributed by atoms with Gasteiger partial charge in [0.15, 0.2) is 0 Å². The fourth-order valence-corrected chi connectivity index (χ4v) is 1.74. The van der Waals surface area contributed by atoms with Crippen molar-refractivity contribution < 1.29 is 0 Å². The van der Waals surface area contributed by atoms with E-state index in [2.05, 4.69) is 40.6 Å². The maximum atomic E-state index is 3.53. The smallest absolute Gasteiger partial charge is 0.116 e. The Morgan fingerprint density at radius 3 is 2.22 bits per heavy atom. The molecule has 0 unspecified atom stereocenters. The van der Waals surface area contributed by atoms with E-state index in [1.165, 1.54) is 13.0 Å². The molecule has 0 aliphatic carbocycles. The first-order valence-corrected chi connectivity index (χ1v) is 7.99. The third-order valence-corrected chi connectivity index (χ3v) is 2.84. The fourth-order valence-electron chi connectivity index (χ4n) is 0.530. The maximum Gasteiger partial charge on any atom is 0.116 e. The molecule has 0 amide bonds. The normalized spacial score (nSPS) is 12.0. The van der Waals surface area contributed by atoms with E-state index >= 15 is 0 Å². The van der Waals surface area contributed by atoms with Gasteiger partial charge in [0.05, 0.1) is 0 Å². The van der Waals surface area contributed by atoms with Crippen molar-refractivity contribution in [2.24, 2.45) is 0 Å². The Balaban J connectivity index is 3.07. The molecule has 0 heterocycles. The Morgan fingerprint density at radius 1 is 1.33 bits per heavy atom. The van der Waals surface area contributed by atoms with Crippen LogP contribution in [0.3, 0.4) is 0 Å². The Labute approximate surface area is 67.4 Å². The Hall–Kier alpha value is 0.657. The van der Waals surface area contributed by atoms with E-state index in [0.717, 1.165) is 5.33 Å². The van der Waals surface area contributed by atoms with Gasteiger partial charge in [-0.1, -0.05) is 35.6 Å². The van der Waals surface area contributed by atoms with Gasteiger partial charge in [-0.05, 0) is 13.0 Å². The number of nitrogens with one attached hydrogen (secondary N) is 1. The zero-order valence-electron chi connectivity index (χ0n) is 6.50. The van der Waals surface area contributed by atoms with E-state index in [-0.39, 0.29) is 0 Å². The van der Waals surface area contributed by atoms with Gasteiger partial charge in [0, 0.05) is 5.33 Å². The van der Waals surface area contributed by atoms with Crippen molar-refractivity contribution in [3.05, 3.63) is 0 Å². The number of hydrogen-bond acceptors (Lipinski definition) is 1. The molecule has 9 heavy (non-hydrogen) atoms. The molecule has 1 nitrogen and oxygen atoms in total. The van der Waals surface area contributed by atoms with Crippen molar-refractivity contribution >= 4 is 24.2 Å². The zero-order chi connectivity index (χ0) is 7.33. The Bertz CT molecular complexity index is 69.9. The van der Waals surface area contributed by atoms with Crippen LogP contribution in [0, 0.1) is 0 Å². The SMILES string of the molecule is C[Si](C)(C)NCCCBr. The summed E-state index contributed by atoms with van der Waals surface area (Å²) in [6.45, 7) is 8.13. The summed E-state index contributed by atoms with van der Waals surface area (Å²) in [7, 11) is -0.965. The van der Waals surface area contributed by atoms with Crippen LogP contribution >= 0.6 is 15.9 Å². The third-order valence-electron chi connectivity index (χ3n) is 0.966. The van der Waals surface area contributed by atoms with E-state index < -0.39 is 8.24 Å². The summed E-state index contributed by atoms with van der Waals surface area (Å²) in [6.07, 6.45) is 1.24. The molecular weight excluding hydrogens is 194 g/mol. The first-order chi connectivity index (χ1) is 4.06. The molecule has 0 aromatic rings. The van der Waals surface area contributed by atoms with Crippen molar-refractivity contribution in [2.75, 3.05) is 11.9 Å². The van der Waals surface area contributed by atoms with Gasteiger partial charge in [0.25, 0.3) is 0 Å². The van der Waals surface area contributed by atoms with Crippen LogP contribution in [-0.4, -0.2) is 20.1 Å². The molecule has 0 saturated carbocycles. The standard InChI is InChI=1S/C6H16BrNSi/c1-9(2,3)8-6-4-5-7/h8H,4-6H2,1-3H3. The summed E-state index contributed by atoms with van der Waals surface area (Å²) in [6, 6.07) is 0. The highest BCUT2D eigenvalue weighted by Crippen LogP contribution is 1.94.